The summed E-state index contributed by atoms with van der Waals surface area (Å²) in [7, 11) is 0. The normalized spacial score (nSPS) is 14.9. The average molecular weight is 373 g/mol. The van der Waals surface area contributed by atoms with Crippen molar-refractivity contribution in [1.29, 1.82) is 5.26 Å². The summed E-state index contributed by atoms with van der Waals surface area (Å²) in [5.41, 5.74) is -0.00303. The molecule has 0 radical (unpaired) electrons. The Balaban J connectivity index is 1.84. The van der Waals surface area contributed by atoms with Crippen LogP contribution in [0.4, 0.5) is 24.7 Å². The first-order valence-corrected chi connectivity index (χ1v) is 8.38. The minimum Gasteiger partial charge on any atom is -0.338 e. The number of anilines is 2. The number of hydrogen-bond acceptors (Lipinski definition) is 4. The van der Waals surface area contributed by atoms with E-state index in [2.05, 4.69) is 21.5 Å². The van der Waals surface area contributed by atoms with Crippen molar-refractivity contribution in [2.75, 3.05) is 5.32 Å². The molecule has 9 heteroatoms. The molecule has 1 fully saturated rings. The van der Waals surface area contributed by atoms with Crippen LogP contribution in [0.25, 0.3) is 10.9 Å². The van der Waals surface area contributed by atoms with E-state index >= 15 is 0 Å². The number of nitrogens with one attached hydrogen (secondary N) is 2. The van der Waals surface area contributed by atoms with Crippen LogP contribution in [0.3, 0.4) is 0 Å². The first-order chi connectivity index (χ1) is 13.0. The van der Waals surface area contributed by atoms with Crippen LogP contribution in [0.15, 0.2) is 29.2 Å². The van der Waals surface area contributed by atoms with E-state index in [4.69, 9.17) is 5.26 Å². The predicted molar refractivity (Wildman–Crippen MR) is 91.9 cm³/mol. The van der Waals surface area contributed by atoms with Gasteiger partial charge in [0, 0.05) is 24.0 Å². The zero-order valence-corrected chi connectivity index (χ0v) is 14.0. The topological polar surface area (TPSA) is 86.5 Å². The van der Waals surface area contributed by atoms with Gasteiger partial charge in [-0.3, -0.25) is 9.48 Å². The third kappa shape index (κ3) is 3.03. The molecule has 2 heterocycles. The van der Waals surface area contributed by atoms with Gasteiger partial charge in [-0.15, -0.1) is 0 Å². The lowest BCUT2D eigenvalue weighted by Crippen LogP contribution is -2.13. The molecule has 2 N–H and O–H groups in total. The Morgan fingerprint density at radius 2 is 2.04 bits per heavy atom. The third-order valence-corrected chi connectivity index (χ3v) is 4.66. The second-order valence-corrected chi connectivity index (χ2v) is 6.51. The molecule has 1 aliphatic carbocycles. The van der Waals surface area contributed by atoms with Gasteiger partial charge in [0.25, 0.3) is 5.56 Å². The Kier molecular flexibility index (Phi) is 4.11. The van der Waals surface area contributed by atoms with Gasteiger partial charge in [-0.05, 0) is 24.8 Å². The Bertz CT molecular complexity index is 1100. The highest BCUT2D eigenvalue weighted by Crippen LogP contribution is 2.43. The highest BCUT2D eigenvalue weighted by atomic mass is 19.2. The molecule has 2 aromatic heterocycles. The molecule has 1 atom stereocenters. The molecule has 0 saturated heterocycles. The van der Waals surface area contributed by atoms with E-state index in [1.165, 1.54) is 6.20 Å². The molecule has 1 aliphatic rings. The lowest BCUT2D eigenvalue weighted by molar-refractivity contribution is 0.426. The molecule has 0 unspecified atom stereocenters. The summed E-state index contributed by atoms with van der Waals surface area (Å²) in [6.45, 7) is 0. The highest BCUT2D eigenvalue weighted by Gasteiger charge is 2.34. The maximum Gasteiger partial charge on any atom is 0.261 e. The second-order valence-electron chi connectivity index (χ2n) is 6.51. The molecule has 0 bridgehead atoms. The molecule has 0 amide bonds. The number of fused-ring (bicyclic) bond motifs is 1. The van der Waals surface area contributed by atoms with Gasteiger partial charge in [-0.1, -0.05) is 0 Å². The molecule has 3 aromatic rings. The smallest absolute Gasteiger partial charge is 0.261 e. The van der Waals surface area contributed by atoms with Crippen molar-refractivity contribution in [2.24, 2.45) is 5.92 Å². The number of hydrogen-bond donors (Lipinski definition) is 2. The van der Waals surface area contributed by atoms with Crippen LogP contribution < -0.4 is 10.9 Å². The van der Waals surface area contributed by atoms with E-state index in [1.54, 1.807) is 10.7 Å². The van der Waals surface area contributed by atoms with Gasteiger partial charge >= 0.3 is 0 Å². The first kappa shape index (κ1) is 17.1. The van der Waals surface area contributed by atoms with Crippen LogP contribution in [0, 0.1) is 34.7 Å². The number of aromatic nitrogens is 3. The van der Waals surface area contributed by atoms with Crippen LogP contribution in [0.2, 0.25) is 0 Å². The van der Waals surface area contributed by atoms with Crippen molar-refractivity contribution in [3.05, 3.63) is 52.2 Å². The maximum absolute atomic E-state index is 13.5. The molecule has 0 spiro atoms. The van der Waals surface area contributed by atoms with Crippen LogP contribution in [-0.4, -0.2) is 14.8 Å². The highest BCUT2D eigenvalue weighted by molar-refractivity contribution is 5.91. The molecule has 1 saturated carbocycles. The largest absolute Gasteiger partial charge is 0.338 e. The van der Waals surface area contributed by atoms with Gasteiger partial charge < -0.3 is 10.3 Å². The molecular weight excluding hydrogens is 359 g/mol. The van der Waals surface area contributed by atoms with Gasteiger partial charge in [0.2, 0.25) is 0 Å². The van der Waals surface area contributed by atoms with E-state index in [1.807, 2.05) is 0 Å². The van der Waals surface area contributed by atoms with E-state index in [0.29, 0.717) is 11.4 Å². The standard InChI is InChI=1S/C18H14F3N5O/c19-11-7-10(8-12(20)16(11)21)24-17-15-14(4-6-23-18(15)27)26(25-17)13(3-5-22)9-1-2-9/h4,6-9,13H,1-3H2,(H,23,27)(H,24,25)/t13-/m0/s1. The SMILES string of the molecule is N#CC[C@@H](C1CC1)n1nc(Nc2cc(F)c(F)c(F)c2)c2c(=O)[nH]ccc21. The van der Waals surface area contributed by atoms with Crippen molar-refractivity contribution in [3.8, 4) is 6.07 Å². The molecule has 4 rings (SSSR count). The number of nitriles is 1. The lowest BCUT2D eigenvalue weighted by atomic mass is 10.1. The minimum atomic E-state index is -1.57. The fraction of sp³-hybridized carbons (Fsp3) is 0.278. The maximum atomic E-state index is 13.5. The third-order valence-electron chi connectivity index (χ3n) is 4.66. The molecular formula is C18H14F3N5O. The fourth-order valence-electron chi connectivity index (χ4n) is 3.23. The van der Waals surface area contributed by atoms with Crippen molar-refractivity contribution in [1.82, 2.24) is 14.8 Å². The Labute approximate surface area is 151 Å². The van der Waals surface area contributed by atoms with E-state index in [9.17, 15) is 18.0 Å². The molecule has 0 aliphatic heterocycles. The van der Waals surface area contributed by atoms with Crippen LogP contribution in [-0.2, 0) is 0 Å². The van der Waals surface area contributed by atoms with Crippen molar-refractivity contribution in [2.45, 2.75) is 25.3 Å². The van der Waals surface area contributed by atoms with E-state index in [-0.39, 0.29) is 29.4 Å². The summed E-state index contributed by atoms with van der Waals surface area (Å²) < 4.78 is 41.8. The predicted octanol–water partition coefficient (Wildman–Crippen LogP) is 3.75. The fourth-order valence-corrected chi connectivity index (χ4v) is 3.23. The van der Waals surface area contributed by atoms with Gasteiger partial charge in [0.15, 0.2) is 23.3 Å². The summed E-state index contributed by atoms with van der Waals surface area (Å²) in [5, 5.41) is 16.4. The summed E-state index contributed by atoms with van der Waals surface area (Å²) in [4.78, 5) is 14.9. The Morgan fingerprint density at radius 3 is 2.67 bits per heavy atom. The van der Waals surface area contributed by atoms with Gasteiger partial charge in [0.1, 0.15) is 5.39 Å². The molecule has 27 heavy (non-hydrogen) atoms. The van der Waals surface area contributed by atoms with Crippen LogP contribution >= 0.6 is 0 Å². The number of pyridine rings is 1. The van der Waals surface area contributed by atoms with Gasteiger partial charge in [-0.25, -0.2) is 13.2 Å². The second kappa shape index (κ2) is 6.46. The molecule has 6 nitrogen and oxygen atoms in total. The number of halogens is 3. The van der Waals surface area contributed by atoms with E-state index in [0.717, 1.165) is 25.0 Å². The summed E-state index contributed by atoms with van der Waals surface area (Å²) in [5.74, 6) is -3.90. The quantitative estimate of drug-likeness (QED) is 0.667. The minimum absolute atomic E-state index is 0.0792. The Hall–Kier alpha value is -3.28. The van der Waals surface area contributed by atoms with Crippen molar-refractivity contribution in [3.63, 3.8) is 0 Å². The lowest BCUT2D eigenvalue weighted by Gasteiger charge is -2.14. The number of benzene rings is 1. The Morgan fingerprint density at radius 1 is 1.33 bits per heavy atom. The van der Waals surface area contributed by atoms with E-state index < -0.39 is 23.0 Å². The van der Waals surface area contributed by atoms with Crippen LogP contribution in [0.5, 0.6) is 0 Å². The molecule has 138 valence electrons. The van der Waals surface area contributed by atoms with Gasteiger partial charge in [-0.2, -0.15) is 10.4 Å². The molecule has 1 aromatic carbocycles. The summed E-state index contributed by atoms with van der Waals surface area (Å²) in [6.07, 6.45) is 3.63. The first-order valence-electron chi connectivity index (χ1n) is 8.38. The van der Waals surface area contributed by atoms with Crippen LogP contribution in [0.1, 0.15) is 25.3 Å². The number of H-pyrrole nitrogens is 1. The van der Waals surface area contributed by atoms with Gasteiger partial charge in [0.05, 0.1) is 24.0 Å². The zero-order chi connectivity index (χ0) is 19.1. The zero-order valence-electron chi connectivity index (χ0n) is 14.0. The van der Waals surface area contributed by atoms with Crippen molar-refractivity contribution < 1.29 is 13.2 Å². The monoisotopic (exact) mass is 373 g/mol. The average Bonchev–Trinajstić information content (AvgIpc) is 3.40. The number of aromatic amines is 1. The number of nitrogens with zero attached hydrogens (tertiary/aromatic N) is 3. The number of rotatable bonds is 5. The summed E-state index contributed by atoms with van der Waals surface area (Å²) in [6, 6.07) is 5.17. The van der Waals surface area contributed by atoms with Crippen molar-refractivity contribution >= 4 is 22.4 Å². The summed E-state index contributed by atoms with van der Waals surface area (Å²) >= 11 is 0.